The number of fused-ring (bicyclic) bond motifs is 2. The van der Waals surface area contributed by atoms with E-state index in [0.29, 0.717) is 23.6 Å². The van der Waals surface area contributed by atoms with Gasteiger partial charge in [-0.2, -0.15) is 9.67 Å². The van der Waals surface area contributed by atoms with Crippen LogP contribution in [0.4, 0.5) is 0 Å². The Morgan fingerprint density at radius 2 is 2.26 bits per heavy atom. The van der Waals surface area contributed by atoms with E-state index < -0.39 is 29.2 Å². The lowest BCUT2D eigenvalue weighted by Crippen LogP contribution is -2.71. The first-order chi connectivity index (χ1) is 16.5. The third-order valence-corrected chi connectivity index (χ3v) is 7.76. The Morgan fingerprint density at radius 3 is 3.00 bits per heavy atom. The van der Waals surface area contributed by atoms with Gasteiger partial charge in [-0.1, -0.05) is 5.16 Å². The predicted octanol–water partition coefficient (Wildman–Crippen LogP) is 0.701. The number of hydrogen-bond donors (Lipinski definition) is 3. The fourth-order valence-electron chi connectivity index (χ4n) is 4.04. The molecule has 0 aromatic carbocycles. The molecule has 0 aliphatic carbocycles. The molecular weight excluding hydrogens is 480 g/mol. The number of hydrogen-bond acceptors (Lipinski definition) is 8. The van der Waals surface area contributed by atoms with Crippen molar-refractivity contribution in [2.24, 2.45) is 5.16 Å². The van der Waals surface area contributed by atoms with Crippen LogP contribution in [-0.2, 0) is 25.8 Å². The van der Waals surface area contributed by atoms with Crippen molar-refractivity contribution in [1.82, 2.24) is 20.4 Å². The number of amides is 2. The van der Waals surface area contributed by atoms with Gasteiger partial charge in [0.1, 0.15) is 24.2 Å². The summed E-state index contributed by atoms with van der Waals surface area (Å²) in [6.45, 7) is 0.348. The number of nitrogens with one attached hydrogen (secondary N) is 2. The molecule has 5 heterocycles. The van der Waals surface area contributed by atoms with Crippen molar-refractivity contribution in [3.8, 4) is 0 Å². The number of carbonyl (C=O) groups excluding carboxylic acids is 2. The van der Waals surface area contributed by atoms with Crippen LogP contribution in [-0.4, -0.2) is 68.0 Å². The van der Waals surface area contributed by atoms with Crippen LogP contribution in [0.15, 0.2) is 58.5 Å². The minimum Gasteiger partial charge on any atom is -0.477 e. The van der Waals surface area contributed by atoms with E-state index in [1.807, 2.05) is 34.3 Å². The molecule has 0 spiro atoms. The number of nitrogens with zero attached hydrogens (tertiary/aromatic N) is 4. The fraction of sp³-hybridized carbons (Fsp3) is 0.238. The molecular formula is C21H19N6O5S2+. The van der Waals surface area contributed by atoms with Crippen LogP contribution in [0.5, 0.6) is 0 Å². The molecule has 0 bridgehead atoms. The van der Waals surface area contributed by atoms with E-state index in [-0.39, 0.29) is 11.4 Å². The Hall–Kier alpha value is -3.71. The smallest absolute Gasteiger partial charge is 0.352 e. The number of aliphatic carboxylic acids is 1. The van der Waals surface area contributed by atoms with Crippen LogP contribution in [0.25, 0.3) is 10.2 Å². The number of oxime groups is 1. The molecule has 3 aromatic heterocycles. The van der Waals surface area contributed by atoms with Crippen molar-refractivity contribution >= 4 is 56.8 Å². The molecule has 2 atom stereocenters. The third kappa shape index (κ3) is 3.72. The van der Waals surface area contributed by atoms with Gasteiger partial charge in [0.05, 0.1) is 10.4 Å². The number of β-lactam (4-membered cyclic amide) rings is 1. The van der Waals surface area contributed by atoms with E-state index in [2.05, 4.69) is 20.7 Å². The maximum absolute atomic E-state index is 13.0. The highest BCUT2D eigenvalue weighted by Gasteiger charge is 2.54. The second-order valence-corrected chi connectivity index (χ2v) is 9.57. The molecule has 5 rings (SSSR count). The number of aromatic nitrogens is 3. The molecule has 1 fully saturated rings. The van der Waals surface area contributed by atoms with Gasteiger partial charge in [-0.15, -0.1) is 23.1 Å². The van der Waals surface area contributed by atoms with Gasteiger partial charge in [0.2, 0.25) is 5.52 Å². The lowest BCUT2D eigenvalue weighted by atomic mass is 10.0. The molecule has 3 N–H and O–H groups in total. The molecule has 2 aliphatic rings. The molecule has 3 aromatic rings. The van der Waals surface area contributed by atoms with Crippen LogP contribution in [0, 0.1) is 0 Å². The number of thiophene rings is 1. The topological polar surface area (TPSA) is 141 Å². The molecule has 34 heavy (non-hydrogen) atoms. The molecule has 1 saturated heterocycles. The summed E-state index contributed by atoms with van der Waals surface area (Å²) in [6.07, 6.45) is 3.35. The van der Waals surface area contributed by atoms with Gasteiger partial charge >= 0.3 is 5.97 Å². The van der Waals surface area contributed by atoms with Gasteiger partial charge in [0.15, 0.2) is 18.5 Å². The van der Waals surface area contributed by atoms with Crippen LogP contribution >= 0.6 is 23.1 Å². The van der Waals surface area contributed by atoms with Crippen molar-refractivity contribution in [2.75, 3.05) is 12.9 Å². The van der Waals surface area contributed by atoms with Crippen molar-refractivity contribution in [1.29, 1.82) is 0 Å². The monoisotopic (exact) mass is 499 g/mol. The average Bonchev–Trinajstić information content (AvgIpc) is 3.53. The van der Waals surface area contributed by atoms with Crippen LogP contribution < -0.4 is 9.88 Å². The van der Waals surface area contributed by atoms with E-state index >= 15 is 0 Å². The Kier molecular flexibility index (Phi) is 5.79. The van der Waals surface area contributed by atoms with Gasteiger partial charge in [-0.25, -0.2) is 4.79 Å². The molecule has 2 amide bonds. The minimum absolute atomic E-state index is 0.0293. The summed E-state index contributed by atoms with van der Waals surface area (Å²) in [7, 11) is 1.30. The number of carboxylic acid groups (broad SMARTS) is 1. The van der Waals surface area contributed by atoms with E-state index in [1.165, 1.54) is 30.0 Å². The number of pyridine rings is 1. The van der Waals surface area contributed by atoms with Crippen LogP contribution in [0.3, 0.4) is 0 Å². The summed E-state index contributed by atoms with van der Waals surface area (Å²) in [5.41, 5.74) is 1.86. The van der Waals surface area contributed by atoms with Crippen molar-refractivity contribution in [3.05, 3.63) is 59.0 Å². The summed E-state index contributed by atoms with van der Waals surface area (Å²) >= 11 is 3.02. The fourth-order valence-corrected chi connectivity index (χ4v) is 6.18. The van der Waals surface area contributed by atoms with Crippen molar-refractivity contribution in [2.45, 2.75) is 18.0 Å². The highest BCUT2D eigenvalue weighted by Crippen LogP contribution is 2.40. The summed E-state index contributed by atoms with van der Waals surface area (Å²) in [4.78, 5) is 44.0. The Bertz CT molecular complexity index is 1350. The van der Waals surface area contributed by atoms with Crippen LogP contribution in [0.2, 0.25) is 0 Å². The highest BCUT2D eigenvalue weighted by molar-refractivity contribution is 8.00. The zero-order valence-electron chi connectivity index (χ0n) is 17.8. The van der Waals surface area contributed by atoms with E-state index in [4.69, 9.17) is 4.84 Å². The first kappa shape index (κ1) is 22.1. The Labute approximate surface area is 201 Å². The predicted molar refractivity (Wildman–Crippen MR) is 124 cm³/mol. The zero-order chi connectivity index (χ0) is 23.8. The van der Waals surface area contributed by atoms with Gasteiger partial charge in [0.25, 0.3) is 11.8 Å². The Balaban J connectivity index is 1.38. The molecule has 13 heteroatoms. The number of rotatable bonds is 7. The van der Waals surface area contributed by atoms with Crippen molar-refractivity contribution < 1.29 is 28.9 Å². The summed E-state index contributed by atoms with van der Waals surface area (Å²) in [5.74, 6) is -1.87. The normalized spacial score (nSPS) is 20.2. The number of aromatic amines is 1. The molecule has 174 valence electrons. The standard InChI is InChI=1S/C21H18N6O5S2/c1-32-25-15(12-4-6-22-24-12)18(28)23-16-19(29)27-17(21(30)31)11(10-34-20(16)27)9-26-7-2-3-14-13(26)5-8-33-14/h2-8,16,20H,9-10H2,1H3,(H2-,22,23,24,25,28,30,31)/p+1/t16?,20-/m0/s1. The summed E-state index contributed by atoms with van der Waals surface area (Å²) in [6, 6.07) is 6.57. The quantitative estimate of drug-likeness (QED) is 0.188. The summed E-state index contributed by atoms with van der Waals surface area (Å²) in [5, 5.41) is 24.2. The van der Waals surface area contributed by atoms with E-state index in [1.54, 1.807) is 17.4 Å². The molecule has 0 saturated carbocycles. The van der Waals surface area contributed by atoms with Crippen LogP contribution in [0.1, 0.15) is 5.69 Å². The lowest BCUT2D eigenvalue weighted by Gasteiger charge is -2.49. The molecule has 2 aliphatic heterocycles. The third-order valence-electron chi connectivity index (χ3n) is 5.55. The number of H-pyrrole nitrogens is 1. The molecule has 11 nitrogen and oxygen atoms in total. The van der Waals surface area contributed by atoms with Gasteiger partial charge in [0, 0.05) is 29.7 Å². The van der Waals surface area contributed by atoms with Gasteiger partial charge < -0.3 is 15.3 Å². The largest absolute Gasteiger partial charge is 0.477 e. The first-order valence-electron chi connectivity index (χ1n) is 10.2. The minimum atomic E-state index is -1.17. The second kappa shape index (κ2) is 8.91. The molecule has 0 radical (unpaired) electrons. The number of carbonyl (C=O) groups is 3. The lowest BCUT2D eigenvalue weighted by molar-refractivity contribution is -0.663. The maximum Gasteiger partial charge on any atom is 0.352 e. The average molecular weight is 500 g/mol. The maximum atomic E-state index is 13.0. The highest BCUT2D eigenvalue weighted by atomic mass is 32.2. The number of carboxylic acids is 1. The SMILES string of the molecule is CON=C(C(=O)NC1C(=O)N2C(C(=O)O)=C(C[n+]3cccc4sccc43)CS[C@@H]12)c1ccn[nH]1. The summed E-state index contributed by atoms with van der Waals surface area (Å²) < 4.78 is 3.07. The number of thioether (sulfide) groups is 1. The van der Waals surface area contributed by atoms with Gasteiger partial charge in [-0.05, 0) is 17.5 Å². The van der Waals surface area contributed by atoms with Crippen molar-refractivity contribution in [3.63, 3.8) is 0 Å². The van der Waals surface area contributed by atoms with E-state index in [9.17, 15) is 19.5 Å². The zero-order valence-corrected chi connectivity index (χ0v) is 19.4. The molecule has 1 unspecified atom stereocenters. The second-order valence-electron chi connectivity index (χ2n) is 7.52. The van der Waals surface area contributed by atoms with Gasteiger partial charge in [-0.3, -0.25) is 19.6 Å². The van der Waals surface area contributed by atoms with E-state index in [0.717, 1.165) is 10.2 Å². The Morgan fingerprint density at radius 1 is 1.41 bits per heavy atom. The first-order valence-corrected chi connectivity index (χ1v) is 12.1.